The maximum Gasteiger partial charge on any atom is 0.332 e. The lowest BCUT2D eigenvalue weighted by atomic mass is 9.96. The van der Waals surface area contributed by atoms with Crippen molar-refractivity contribution in [3.63, 3.8) is 0 Å². The molecule has 7 heteroatoms. The van der Waals surface area contributed by atoms with E-state index in [1.807, 2.05) is 44.2 Å². The van der Waals surface area contributed by atoms with Crippen LogP contribution in [0.5, 0.6) is 0 Å². The Balaban J connectivity index is 1.36. The number of urea groups is 1. The first-order chi connectivity index (χ1) is 15.2. The van der Waals surface area contributed by atoms with Gasteiger partial charge in [0.1, 0.15) is 0 Å². The number of rotatable bonds is 8. The fraction of sp³-hybridized carbons (Fsp3) is 0.480. The molecular weight excluding hydrogens is 422 g/mol. The molecule has 6 nitrogen and oxygen atoms in total. The molecule has 0 radical (unpaired) electrons. The Labute approximate surface area is 191 Å². The van der Waals surface area contributed by atoms with E-state index < -0.39 is 21.5 Å². The predicted octanol–water partition coefficient (Wildman–Crippen LogP) is 3.93. The average molecular weight is 456 g/mol. The maximum atomic E-state index is 12.7. The van der Waals surface area contributed by atoms with E-state index in [4.69, 9.17) is 0 Å². The highest BCUT2D eigenvalue weighted by Gasteiger charge is 2.29. The summed E-state index contributed by atoms with van der Waals surface area (Å²) in [5, 5.41) is 6.23. The number of benzene rings is 2. The van der Waals surface area contributed by atoms with E-state index in [0.717, 1.165) is 49.8 Å². The summed E-state index contributed by atoms with van der Waals surface area (Å²) in [5.41, 5.74) is 6.43. The van der Waals surface area contributed by atoms with E-state index in [0.29, 0.717) is 13.1 Å². The molecule has 32 heavy (non-hydrogen) atoms. The topological polar surface area (TPSA) is 87.3 Å². The van der Waals surface area contributed by atoms with Gasteiger partial charge in [-0.1, -0.05) is 50.2 Å². The SMILES string of the molecule is CC(C)(CNCc1ccccc1)CS(=O)(=O)NC(=O)Nc1c2c(cc3c1CCC3)CCC2. The average Bonchev–Trinajstić information content (AvgIpc) is 3.36. The molecule has 0 spiro atoms. The van der Waals surface area contributed by atoms with E-state index in [1.165, 1.54) is 22.3 Å². The van der Waals surface area contributed by atoms with E-state index in [1.54, 1.807) is 0 Å². The first-order valence-corrected chi connectivity index (χ1v) is 13.1. The fourth-order valence-electron chi connectivity index (χ4n) is 4.99. The molecule has 0 unspecified atom stereocenters. The Bertz CT molecular complexity index is 1060. The minimum atomic E-state index is -3.78. The molecule has 4 rings (SSSR count). The lowest BCUT2D eigenvalue weighted by molar-refractivity contribution is 0.256. The summed E-state index contributed by atoms with van der Waals surface area (Å²) < 4.78 is 27.7. The largest absolute Gasteiger partial charge is 0.332 e. The van der Waals surface area contributed by atoms with Crippen LogP contribution in [0, 0.1) is 5.41 Å². The van der Waals surface area contributed by atoms with Crippen LogP contribution in [0.3, 0.4) is 0 Å². The quantitative estimate of drug-likeness (QED) is 0.563. The monoisotopic (exact) mass is 455 g/mol. The molecule has 0 saturated carbocycles. The first kappa shape index (κ1) is 22.8. The van der Waals surface area contributed by atoms with Crippen LogP contribution >= 0.6 is 0 Å². The van der Waals surface area contributed by atoms with Gasteiger partial charge in [0.15, 0.2) is 0 Å². The molecule has 2 amide bonds. The summed E-state index contributed by atoms with van der Waals surface area (Å²) in [4.78, 5) is 12.7. The van der Waals surface area contributed by atoms with Crippen LogP contribution in [0.15, 0.2) is 36.4 Å². The molecule has 0 atom stereocenters. The van der Waals surface area contributed by atoms with Crippen molar-refractivity contribution < 1.29 is 13.2 Å². The summed E-state index contributed by atoms with van der Waals surface area (Å²) in [7, 11) is -3.78. The van der Waals surface area contributed by atoms with E-state index >= 15 is 0 Å². The van der Waals surface area contributed by atoms with Gasteiger partial charge in [0.25, 0.3) is 0 Å². The normalized spacial score (nSPS) is 15.3. The number of sulfonamides is 1. The Kier molecular flexibility index (Phi) is 6.58. The van der Waals surface area contributed by atoms with E-state index in [9.17, 15) is 13.2 Å². The van der Waals surface area contributed by atoms with Gasteiger partial charge in [-0.3, -0.25) is 0 Å². The van der Waals surface area contributed by atoms with Gasteiger partial charge in [-0.05, 0) is 71.8 Å². The van der Waals surface area contributed by atoms with Gasteiger partial charge in [-0.2, -0.15) is 0 Å². The van der Waals surface area contributed by atoms with Crippen molar-refractivity contribution in [2.24, 2.45) is 5.41 Å². The molecule has 2 aliphatic rings. The van der Waals surface area contributed by atoms with Crippen LogP contribution in [0.25, 0.3) is 0 Å². The number of carbonyl (C=O) groups excluding carboxylic acids is 1. The molecular formula is C25H33N3O3S. The van der Waals surface area contributed by atoms with Gasteiger partial charge in [-0.15, -0.1) is 0 Å². The zero-order chi connectivity index (χ0) is 22.8. The van der Waals surface area contributed by atoms with Crippen LogP contribution in [0.1, 0.15) is 54.5 Å². The van der Waals surface area contributed by atoms with Crippen LogP contribution in [-0.4, -0.2) is 26.7 Å². The Morgan fingerprint density at radius 2 is 1.59 bits per heavy atom. The molecule has 2 aliphatic carbocycles. The molecule has 172 valence electrons. The molecule has 0 bridgehead atoms. The van der Waals surface area contributed by atoms with Crippen molar-refractivity contribution in [3.05, 3.63) is 64.2 Å². The minimum Gasteiger partial charge on any atom is -0.312 e. The summed E-state index contributed by atoms with van der Waals surface area (Å²) in [6, 6.07) is 11.6. The van der Waals surface area contributed by atoms with Crippen LogP contribution in [0.4, 0.5) is 10.5 Å². The third-order valence-corrected chi connectivity index (χ3v) is 7.97. The maximum absolute atomic E-state index is 12.7. The molecule has 0 aromatic heterocycles. The number of hydrogen-bond acceptors (Lipinski definition) is 4. The second-order valence-corrected chi connectivity index (χ2v) is 11.5. The van der Waals surface area contributed by atoms with Crippen molar-refractivity contribution in [2.75, 3.05) is 17.6 Å². The number of hydrogen-bond donors (Lipinski definition) is 3. The Morgan fingerprint density at radius 1 is 0.969 bits per heavy atom. The molecule has 2 aromatic carbocycles. The van der Waals surface area contributed by atoms with Crippen molar-refractivity contribution in [3.8, 4) is 0 Å². The second kappa shape index (κ2) is 9.24. The summed E-state index contributed by atoms with van der Waals surface area (Å²) in [6.07, 6.45) is 6.09. The number of nitrogens with one attached hydrogen (secondary N) is 3. The number of carbonyl (C=O) groups is 1. The van der Waals surface area contributed by atoms with Crippen molar-refractivity contribution >= 4 is 21.7 Å². The van der Waals surface area contributed by atoms with Crippen molar-refractivity contribution in [1.82, 2.24) is 10.0 Å². The molecule has 0 heterocycles. The zero-order valence-electron chi connectivity index (χ0n) is 19.0. The highest BCUT2D eigenvalue weighted by molar-refractivity contribution is 7.90. The van der Waals surface area contributed by atoms with Gasteiger partial charge >= 0.3 is 6.03 Å². The second-order valence-electron chi connectivity index (χ2n) is 9.80. The fourth-order valence-corrected chi connectivity index (χ4v) is 6.53. The summed E-state index contributed by atoms with van der Waals surface area (Å²) in [5.74, 6) is -0.139. The summed E-state index contributed by atoms with van der Waals surface area (Å²) in [6.45, 7) is 4.96. The minimum absolute atomic E-state index is 0.139. The molecule has 3 N–H and O–H groups in total. The zero-order valence-corrected chi connectivity index (χ0v) is 19.8. The van der Waals surface area contributed by atoms with Crippen LogP contribution in [0.2, 0.25) is 0 Å². The highest BCUT2D eigenvalue weighted by Crippen LogP contribution is 2.38. The van der Waals surface area contributed by atoms with Gasteiger partial charge < -0.3 is 10.6 Å². The Hall–Kier alpha value is -2.38. The van der Waals surface area contributed by atoms with Gasteiger partial charge in [0.2, 0.25) is 10.0 Å². The van der Waals surface area contributed by atoms with E-state index in [2.05, 4.69) is 21.4 Å². The first-order valence-electron chi connectivity index (χ1n) is 11.5. The molecule has 0 aliphatic heterocycles. The lowest BCUT2D eigenvalue weighted by Crippen LogP contribution is -2.43. The number of fused-ring (bicyclic) bond motifs is 2. The van der Waals surface area contributed by atoms with Gasteiger partial charge in [-0.25, -0.2) is 17.9 Å². The standard InChI is InChI=1S/C25H33N3O3S/c1-25(2,16-26-15-18-8-4-3-5-9-18)17-32(30,31)28-24(29)27-23-21-12-6-10-19(21)14-20-11-7-13-22(20)23/h3-5,8-9,14,26H,6-7,10-13,15-17H2,1-2H3,(H2,27,28,29). The third-order valence-electron chi connectivity index (χ3n) is 6.32. The Morgan fingerprint density at radius 3 is 2.22 bits per heavy atom. The smallest absolute Gasteiger partial charge is 0.312 e. The van der Waals surface area contributed by atoms with Crippen molar-refractivity contribution in [1.29, 1.82) is 0 Å². The number of amides is 2. The highest BCUT2D eigenvalue weighted by atomic mass is 32.2. The summed E-state index contributed by atoms with van der Waals surface area (Å²) >= 11 is 0. The van der Waals surface area contributed by atoms with Gasteiger partial charge in [0.05, 0.1) is 5.75 Å². The van der Waals surface area contributed by atoms with Crippen molar-refractivity contribution in [2.45, 2.75) is 58.9 Å². The molecule has 2 aromatic rings. The van der Waals surface area contributed by atoms with Crippen LogP contribution in [-0.2, 0) is 42.3 Å². The lowest BCUT2D eigenvalue weighted by Gasteiger charge is -2.25. The predicted molar refractivity (Wildman–Crippen MR) is 128 cm³/mol. The number of aryl methyl sites for hydroxylation is 2. The van der Waals surface area contributed by atoms with Gasteiger partial charge in [0, 0.05) is 18.8 Å². The van der Waals surface area contributed by atoms with E-state index in [-0.39, 0.29) is 5.75 Å². The third kappa shape index (κ3) is 5.51. The molecule has 0 fully saturated rings. The number of anilines is 1. The van der Waals surface area contributed by atoms with Crippen LogP contribution < -0.4 is 15.4 Å². The molecule has 0 saturated heterocycles.